The van der Waals surface area contributed by atoms with Gasteiger partial charge in [0.25, 0.3) is 0 Å². The second-order valence-corrected chi connectivity index (χ2v) is 6.69. The van der Waals surface area contributed by atoms with Gasteiger partial charge in [-0.05, 0) is 37.1 Å². The number of nitrogens with zero attached hydrogens (tertiary/aromatic N) is 2. The van der Waals surface area contributed by atoms with E-state index in [4.69, 9.17) is 5.73 Å². The van der Waals surface area contributed by atoms with Crippen LogP contribution in [0.2, 0.25) is 0 Å². The van der Waals surface area contributed by atoms with Gasteiger partial charge >= 0.3 is 0 Å². The molecule has 2 aromatic carbocycles. The SMILES string of the molecule is Cl.NC1CCCN(C(=O)Cn2c3ccccc3c(=O)c3ccccc32)C1. The van der Waals surface area contributed by atoms with Crippen LogP contribution in [0.25, 0.3) is 21.8 Å². The molecule has 0 aliphatic carbocycles. The molecule has 5 nitrogen and oxygen atoms in total. The van der Waals surface area contributed by atoms with E-state index in [-0.39, 0.29) is 36.3 Å². The second kappa shape index (κ2) is 7.48. The Morgan fingerprint density at radius 1 is 1.04 bits per heavy atom. The molecule has 1 atom stereocenters. The molecule has 0 spiro atoms. The molecule has 136 valence electrons. The standard InChI is InChI=1S/C20H21N3O2.ClH/c21-14-6-5-11-22(12-14)19(24)13-23-17-9-3-1-7-15(17)20(25)16-8-2-4-10-18(16)23;/h1-4,7-10,14H,5-6,11-13,21H2;1H. The predicted molar refractivity (Wildman–Crippen MR) is 107 cm³/mol. The van der Waals surface area contributed by atoms with Gasteiger partial charge in [0.2, 0.25) is 5.91 Å². The van der Waals surface area contributed by atoms with Crippen LogP contribution in [0.4, 0.5) is 0 Å². The molecule has 26 heavy (non-hydrogen) atoms. The number of hydrogen-bond acceptors (Lipinski definition) is 3. The number of nitrogens with two attached hydrogens (primary N) is 1. The van der Waals surface area contributed by atoms with Crippen molar-refractivity contribution in [3.8, 4) is 0 Å². The molecule has 0 saturated carbocycles. The van der Waals surface area contributed by atoms with Gasteiger partial charge in [0, 0.05) is 29.9 Å². The average Bonchev–Trinajstić information content (AvgIpc) is 2.65. The summed E-state index contributed by atoms with van der Waals surface area (Å²) in [6.07, 6.45) is 1.91. The smallest absolute Gasteiger partial charge is 0.242 e. The van der Waals surface area contributed by atoms with Crippen molar-refractivity contribution in [1.82, 2.24) is 9.47 Å². The van der Waals surface area contributed by atoms with Gasteiger partial charge in [-0.3, -0.25) is 9.59 Å². The van der Waals surface area contributed by atoms with Crippen molar-refractivity contribution in [3.05, 3.63) is 58.8 Å². The Morgan fingerprint density at radius 3 is 2.19 bits per heavy atom. The van der Waals surface area contributed by atoms with Crippen LogP contribution in [0.1, 0.15) is 12.8 Å². The van der Waals surface area contributed by atoms with E-state index < -0.39 is 0 Å². The van der Waals surface area contributed by atoms with Gasteiger partial charge < -0.3 is 15.2 Å². The third-order valence-electron chi connectivity index (χ3n) is 4.98. The van der Waals surface area contributed by atoms with Crippen molar-refractivity contribution in [2.75, 3.05) is 13.1 Å². The fourth-order valence-electron chi connectivity index (χ4n) is 3.72. The van der Waals surface area contributed by atoms with Gasteiger partial charge in [-0.15, -0.1) is 12.4 Å². The molecule has 6 heteroatoms. The Morgan fingerprint density at radius 2 is 1.62 bits per heavy atom. The minimum absolute atomic E-state index is 0. The Hall–Kier alpha value is -2.37. The van der Waals surface area contributed by atoms with Gasteiger partial charge in [-0.25, -0.2) is 0 Å². The van der Waals surface area contributed by atoms with Gasteiger partial charge in [-0.1, -0.05) is 24.3 Å². The van der Waals surface area contributed by atoms with Crippen molar-refractivity contribution in [3.63, 3.8) is 0 Å². The van der Waals surface area contributed by atoms with Crippen LogP contribution >= 0.6 is 12.4 Å². The minimum atomic E-state index is 0. The van der Waals surface area contributed by atoms with Crippen molar-refractivity contribution in [2.24, 2.45) is 5.73 Å². The normalized spacial score (nSPS) is 17.3. The summed E-state index contributed by atoms with van der Waals surface area (Å²) in [4.78, 5) is 27.4. The van der Waals surface area contributed by atoms with E-state index in [9.17, 15) is 9.59 Å². The number of benzene rings is 2. The van der Waals surface area contributed by atoms with Crippen molar-refractivity contribution >= 4 is 40.1 Å². The maximum absolute atomic E-state index is 12.9. The zero-order chi connectivity index (χ0) is 17.4. The zero-order valence-corrected chi connectivity index (χ0v) is 15.2. The molecule has 1 saturated heterocycles. The number of hydrogen-bond donors (Lipinski definition) is 1. The van der Waals surface area contributed by atoms with Crippen LogP contribution in [0.15, 0.2) is 53.3 Å². The van der Waals surface area contributed by atoms with E-state index >= 15 is 0 Å². The molecule has 1 aliphatic heterocycles. The average molecular weight is 372 g/mol. The molecule has 2 heterocycles. The topological polar surface area (TPSA) is 68.3 Å². The Balaban J connectivity index is 0.00000196. The summed E-state index contributed by atoms with van der Waals surface area (Å²) < 4.78 is 1.95. The number of pyridine rings is 1. The van der Waals surface area contributed by atoms with Gasteiger partial charge in [-0.2, -0.15) is 0 Å². The van der Waals surface area contributed by atoms with Crippen LogP contribution in [-0.2, 0) is 11.3 Å². The van der Waals surface area contributed by atoms with Crippen LogP contribution in [-0.4, -0.2) is 34.5 Å². The first-order chi connectivity index (χ1) is 12.1. The number of aromatic nitrogens is 1. The first-order valence-electron chi connectivity index (χ1n) is 8.69. The minimum Gasteiger partial charge on any atom is -0.340 e. The maximum atomic E-state index is 12.9. The summed E-state index contributed by atoms with van der Waals surface area (Å²) in [7, 11) is 0. The summed E-state index contributed by atoms with van der Waals surface area (Å²) in [6.45, 7) is 1.57. The van der Waals surface area contributed by atoms with E-state index in [2.05, 4.69) is 0 Å². The van der Waals surface area contributed by atoms with Crippen molar-refractivity contribution in [1.29, 1.82) is 0 Å². The molecule has 1 aliphatic rings. The lowest BCUT2D eigenvalue weighted by molar-refractivity contribution is -0.132. The molecule has 1 unspecified atom stereocenters. The highest BCUT2D eigenvalue weighted by molar-refractivity contribution is 5.94. The lowest BCUT2D eigenvalue weighted by atomic mass is 10.1. The molecule has 4 rings (SSSR count). The van der Waals surface area contributed by atoms with Crippen molar-refractivity contribution < 1.29 is 4.79 Å². The number of likely N-dealkylation sites (tertiary alicyclic amines) is 1. The lowest BCUT2D eigenvalue weighted by Crippen LogP contribution is -2.46. The maximum Gasteiger partial charge on any atom is 0.242 e. The predicted octanol–water partition coefficient (Wildman–Crippen LogP) is 2.53. The Labute approximate surface area is 157 Å². The number of amides is 1. The molecule has 3 aromatic rings. The Kier molecular flexibility index (Phi) is 5.30. The zero-order valence-electron chi connectivity index (χ0n) is 14.4. The van der Waals surface area contributed by atoms with Gasteiger partial charge in [0.05, 0.1) is 11.0 Å². The second-order valence-electron chi connectivity index (χ2n) is 6.69. The number of carbonyl (C=O) groups excluding carboxylic acids is 1. The number of fused-ring (bicyclic) bond motifs is 2. The lowest BCUT2D eigenvalue weighted by Gasteiger charge is -2.31. The van der Waals surface area contributed by atoms with Crippen LogP contribution in [0.3, 0.4) is 0 Å². The van der Waals surface area contributed by atoms with Crippen LogP contribution in [0, 0.1) is 0 Å². The third kappa shape index (κ3) is 3.20. The van der Waals surface area contributed by atoms with Crippen LogP contribution in [0.5, 0.6) is 0 Å². The highest BCUT2D eigenvalue weighted by Gasteiger charge is 2.22. The van der Waals surface area contributed by atoms with E-state index in [1.54, 1.807) is 0 Å². The highest BCUT2D eigenvalue weighted by Crippen LogP contribution is 2.20. The summed E-state index contributed by atoms with van der Waals surface area (Å²) >= 11 is 0. The first kappa shape index (κ1) is 18.4. The number of carbonyl (C=O) groups is 1. The van der Waals surface area contributed by atoms with E-state index in [1.807, 2.05) is 58.0 Å². The van der Waals surface area contributed by atoms with E-state index in [1.165, 1.54) is 0 Å². The summed E-state index contributed by atoms with van der Waals surface area (Å²) in [5, 5.41) is 1.29. The quantitative estimate of drug-likeness (QED) is 0.704. The van der Waals surface area contributed by atoms with Gasteiger partial charge in [0.15, 0.2) is 5.43 Å². The fraction of sp³-hybridized carbons (Fsp3) is 0.300. The third-order valence-corrected chi connectivity index (χ3v) is 4.98. The molecular weight excluding hydrogens is 350 g/mol. The molecule has 2 N–H and O–H groups in total. The molecular formula is C20H22ClN3O2. The largest absolute Gasteiger partial charge is 0.340 e. The molecule has 1 aromatic heterocycles. The first-order valence-corrected chi connectivity index (χ1v) is 8.69. The highest BCUT2D eigenvalue weighted by atomic mass is 35.5. The number of rotatable bonds is 2. The number of halogens is 1. The molecule has 0 radical (unpaired) electrons. The number of piperidine rings is 1. The Bertz CT molecular complexity index is 955. The summed E-state index contributed by atoms with van der Waals surface area (Å²) in [5.74, 6) is 0.0501. The number of para-hydroxylation sites is 2. The summed E-state index contributed by atoms with van der Waals surface area (Å²) in [6, 6.07) is 15.0. The summed E-state index contributed by atoms with van der Waals surface area (Å²) in [5.41, 5.74) is 7.61. The van der Waals surface area contributed by atoms with Crippen LogP contribution < -0.4 is 11.2 Å². The molecule has 1 fully saturated rings. The fourth-order valence-corrected chi connectivity index (χ4v) is 3.72. The van der Waals surface area contributed by atoms with Crippen molar-refractivity contribution in [2.45, 2.75) is 25.4 Å². The van der Waals surface area contributed by atoms with E-state index in [0.717, 1.165) is 30.4 Å². The monoisotopic (exact) mass is 371 g/mol. The van der Waals surface area contributed by atoms with Gasteiger partial charge in [0.1, 0.15) is 6.54 Å². The molecule has 1 amide bonds. The van der Waals surface area contributed by atoms with E-state index in [0.29, 0.717) is 17.3 Å². The molecule has 0 bridgehead atoms.